The van der Waals surface area contributed by atoms with Gasteiger partial charge in [-0.2, -0.15) is 0 Å². The van der Waals surface area contributed by atoms with Gasteiger partial charge in [0.25, 0.3) is 0 Å². The largest absolute Gasteiger partial charge is 0.481 e. The Morgan fingerprint density at radius 1 is 1.07 bits per heavy atom. The van der Waals surface area contributed by atoms with Crippen LogP contribution in [0.2, 0.25) is 0 Å². The summed E-state index contributed by atoms with van der Waals surface area (Å²) in [5.74, 6) is -0.976. The highest BCUT2D eigenvalue weighted by Gasteiger charge is 2.20. The summed E-state index contributed by atoms with van der Waals surface area (Å²) in [4.78, 5) is 22.7. The Bertz CT molecular complexity index is 1130. The number of aromatic nitrogens is 1. The molecule has 6 heteroatoms. The zero-order valence-corrected chi connectivity index (χ0v) is 16.9. The molecule has 3 aromatic rings. The van der Waals surface area contributed by atoms with E-state index in [9.17, 15) is 14.8 Å². The number of carboxylic acid groups (broad SMARTS) is 1. The molecule has 0 aliphatic rings. The first-order valence-electron chi connectivity index (χ1n) is 9.63. The van der Waals surface area contributed by atoms with E-state index in [0.29, 0.717) is 17.7 Å². The summed E-state index contributed by atoms with van der Waals surface area (Å²) in [5.41, 5.74) is 4.91. The van der Waals surface area contributed by atoms with Gasteiger partial charge in [-0.3, -0.25) is 9.59 Å². The summed E-state index contributed by atoms with van der Waals surface area (Å²) >= 11 is 0. The molecule has 0 bridgehead atoms. The van der Waals surface area contributed by atoms with Gasteiger partial charge in [0.2, 0.25) is 5.56 Å². The van der Waals surface area contributed by atoms with E-state index >= 15 is 0 Å². The highest BCUT2D eigenvalue weighted by molar-refractivity contribution is 6.00. The maximum Gasteiger partial charge on any atom is 0.307 e. The minimum absolute atomic E-state index is 0.0310. The fourth-order valence-electron chi connectivity index (χ4n) is 3.60. The van der Waals surface area contributed by atoms with Crippen molar-refractivity contribution >= 4 is 11.7 Å². The molecular formula is C24H24N2O4. The van der Waals surface area contributed by atoms with Crippen molar-refractivity contribution in [1.29, 1.82) is 0 Å². The molecule has 1 heterocycles. The van der Waals surface area contributed by atoms with Gasteiger partial charge < -0.3 is 14.9 Å². The Morgan fingerprint density at radius 2 is 1.77 bits per heavy atom. The van der Waals surface area contributed by atoms with Gasteiger partial charge in [0, 0.05) is 37.2 Å². The number of oxime groups is 1. The number of aryl methyl sites for hydroxylation is 2. The number of benzene rings is 2. The molecule has 0 fully saturated rings. The third-order valence-corrected chi connectivity index (χ3v) is 5.24. The third kappa shape index (κ3) is 4.84. The van der Waals surface area contributed by atoms with Crippen LogP contribution in [0.3, 0.4) is 0 Å². The van der Waals surface area contributed by atoms with Crippen molar-refractivity contribution in [3.8, 4) is 0 Å². The Morgan fingerprint density at radius 3 is 2.37 bits per heavy atom. The van der Waals surface area contributed by atoms with Crippen LogP contribution in [0.25, 0.3) is 0 Å². The molecule has 0 spiro atoms. The van der Waals surface area contributed by atoms with E-state index in [1.807, 2.05) is 55.5 Å². The van der Waals surface area contributed by atoms with Crippen molar-refractivity contribution in [2.75, 3.05) is 0 Å². The Kier molecular flexibility index (Phi) is 6.47. The fraction of sp³-hybridized carbons (Fsp3) is 0.208. The zero-order chi connectivity index (χ0) is 21.7. The normalized spacial score (nSPS) is 12.5. The molecule has 0 radical (unpaired) electrons. The lowest BCUT2D eigenvalue weighted by Crippen LogP contribution is -2.18. The monoisotopic (exact) mass is 404 g/mol. The number of hydrogen-bond donors (Lipinski definition) is 2. The maximum absolute atomic E-state index is 11.7. The molecule has 0 aliphatic carbocycles. The van der Waals surface area contributed by atoms with Gasteiger partial charge in [-0.1, -0.05) is 53.7 Å². The molecule has 1 atom stereocenters. The first-order valence-corrected chi connectivity index (χ1v) is 9.63. The van der Waals surface area contributed by atoms with Crippen molar-refractivity contribution in [3.63, 3.8) is 0 Å². The molecular weight excluding hydrogens is 380 g/mol. The average molecular weight is 404 g/mol. The number of carbonyl (C=O) groups is 1. The second-order valence-corrected chi connectivity index (χ2v) is 7.34. The number of hydrogen-bond acceptors (Lipinski definition) is 4. The van der Waals surface area contributed by atoms with E-state index in [-0.39, 0.29) is 17.9 Å². The van der Waals surface area contributed by atoms with Crippen LogP contribution in [-0.2, 0) is 18.3 Å². The van der Waals surface area contributed by atoms with Crippen molar-refractivity contribution in [2.45, 2.75) is 25.7 Å². The number of rotatable bonds is 7. The number of nitrogens with zero attached hydrogens (tertiary/aromatic N) is 2. The summed E-state index contributed by atoms with van der Waals surface area (Å²) in [7, 11) is 1.65. The number of pyridine rings is 1. The van der Waals surface area contributed by atoms with Gasteiger partial charge in [0.15, 0.2) is 0 Å². The van der Waals surface area contributed by atoms with E-state index < -0.39 is 5.97 Å². The highest BCUT2D eigenvalue weighted by Crippen LogP contribution is 2.32. The number of carboxylic acids is 1. The highest BCUT2D eigenvalue weighted by atomic mass is 16.4. The van der Waals surface area contributed by atoms with E-state index in [2.05, 4.69) is 5.16 Å². The van der Waals surface area contributed by atoms with Crippen molar-refractivity contribution in [3.05, 3.63) is 105 Å². The Balaban J connectivity index is 2.01. The van der Waals surface area contributed by atoms with E-state index in [1.54, 1.807) is 19.3 Å². The van der Waals surface area contributed by atoms with E-state index in [0.717, 1.165) is 22.3 Å². The van der Waals surface area contributed by atoms with Crippen LogP contribution in [0.4, 0.5) is 0 Å². The third-order valence-electron chi connectivity index (χ3n) is 5.24. The lowest BCUT2D eigenvalue weighted by Gasteiger charge is -2.21. The predicted molar refractivity (Wildman–Crippen MR) is 115 cm³/mol. The molecule has 0 saturated carbocycles. The van der Waals surface area contributed by atoms with Crippen LogP contribution in [-0.4, -0.2) is 26.6 Å². The first-order chi connectivity index (χ1) is 14.4. The summed E-state index contributed by atoms with van der Waals surface area (Å²) in [6.45, 7) is 2.03. The molecule has 0 aliphatic heterocycles. The minimum Gasteiger partial charge on any atom is -0.481 e. The van der Waals surface area contributed by atoms with Gasteiger partial charge in [-0.15, -0.1) is 0 Å². The van der Waals surface area contributed by atoms with Gasteiger partial charge in [0.1, 0.15) is 0 Å². The second kappa shape index (κ2) is 9.22. The SMILES string of the molecule is Cc1ccccc1[C@H](C/C(=N/O)c1ccc(=O)n(C)c1)c1ccc(CC(=O)O)cc1. The Hall–Kier alpha value is -3.67. The van der Waals surface area contributed by atoms with Crippen LogP contribution in [0.15, 0.2) is 76.8 Å². The van der Waals surface area contributed by atoms with Crippen LogP contribution in [0.1, 0.15) is 40.2 Å². The number of aliphatic carboxylic acids is 1. The molecule has 6 nitrogen and oxygen atoms in total. The van der Waals surface area contributed by atoms with Crippen molar-refractivity contribution < 1.29 is 15.1 Å². The summed E-state index contributed by atoms with van der Waals surface area (Å²) in [5, 5.41) is 22.3. The lowest BCUT2D eigenvalue weighted by atomic mass is 9.83. The fourth-order valence-corrected chi connectivity index (χ4v) is 3.60. The average Bonchev–Trinajstić information content (AvgIpc) is 2.72. The molecule has 1 aromatic heterocycles. The second-order valence-electron chi connectivity index (χ2n) is 7.34. The standard InChI is InChI=1S/C24H24N2O4/c1-16-5-3-4-6-20(16)21(18-9-7-17(8-10-18)13-24(28)29)14-22(25-30)19-11-12-23(27)26(2)15-19/h3-12,15,21,30H,13-14H2,1-2H3,(H,28,29)/b25-22-/t21-/m1/s1. The summed E-state index contributed by atoms with van der Waals surface area (Å²) in [6.07, 6.45) is 2.04. The first kappa shape index (κ1) is 21.0. The van der Waals surface area contributed by atoms with Crippen molar-refractivity contribution in [1.82, 2.24) is 4.57 Å². The van der Waals surface area contributed by atoms with Crippen LogP contribution in [0.5, 0.6) is 0 Å². The van der Waals surface area contributed by atoms with Crippen LogP contribution in [0, 0.1) is 6.92 Å². The molecule has 0 unspecified atom stereocenters. The van der Waals surface area contributed by atoms with Crippen LogP contribution >= 0.6 is 0 Å². The van der Waals surface area contributed by atoms with Crippen molar-refractivity contribution in [2.24, 2.45) is 12.2 Å². The molecule has 0 saturated heterocycles. The Labute approximate surface area is 174 Å². The van der Waals surface area contributed by atoms with Crippen LogP contribution < -0.4 is 5.56 Å². The molecule has 30 heavy (non-hydrogen) atoms. The summed E-state index contributed by atoms with van der Waals surface area (Å²) < 4.78 is 1.45. The van der Waals surface area contributed by atoms with Gasteiger partial charge in [0.05, 0.1) is 12.1 Å². The maximum atomic E-state index is 11.7. The van der Waals surface area contributed by atoms with Gasteiger partial charge in [-0.05, 0) is 35.2 Å². The molecule has 2 N–H and O–H groups in total. The topological polar surface area (TPSA) is 91.9 Å². The van der Waals surface area contributed by atoms with Gasteiger partial charge in [-0.25, -0.2) is 0 Å². The van der Waals surface area contributed by atoms with E-state index in [1.165, 1.54) is 10.6 Å². The summed E-state index contributed by atoms with van der Waals surface area (Å²) in [6, 6.07) is 18.6. The predicted octanol–water partition coefficient (Wildman–Crippen LogP) is 3.72. The lowest BCUT2D eigenvalue weighted by molar-refractivity contribution is -0.136. The molecule has 2 aromatic carbocycles. The molecule has 154 valence electrons. The van der Waals surface area contributed by atoms with E-state index in [4.69, 9.17) is 5.11 Å². The van der Waals surface area contributed by atoms with Gasteiger partial charge >= 0.3 is 5.97 Å². The quantitative estimate of drug-likeness (QED) is 0.357. The smallest absolute Gasteiger partial charge is 0.307 e. The molecule has 3 rings (SSSR count). The zero-order valence-electron chi connectivity index (χ0n) is 16.9. The molecule has 0 amide bonds. The minimum atomic E-state index is -0.873.